The van der Waals surface area contributed by atoms with Crippen molar-refractivity contribution in [1.29, 1.82) is 0 Å². The van der Waals surface area contributed by atoms with E-state index < -0.39 is 10.0 Å². The van der Waals surface area contributed by atoms with Crippen molar-refractivity contribution in [3.63, 3.8) is 0 Å². The maximum atomic E-state index is 12.1. The monoisotopic (exact) mass is 366 g/mol. The lowest BCUT2D eigenvalue weighted by molar-refractivity contribution is 0.578. The number of benzene rings is 2. The molecule has 2 aromatic rings. The first-order valence-corrected chi connectivity index (χ1v) is 9.87. The first-order valence-electron chi connectivity index (χ1n) is 7.84. The Balaban J connectivity index is 1.79. The summed E-state index contributed by atoms with van der Waals surface area (Å²) in [5, 5.41) is 0.476. The third-order valence-electron chi connectivity index (χ3n) is 3.72. The van der Waals surface area contributed by atoms with Crippen molar-refractivity contribution in [3.8, 4) is 0 Å². The smallest absolute Gasteiger partial charge is 0.215 e. The third-order valence-corrected chi connectivity index (χ3v) is 5.42. The Morgan fingerprint density at radius 3 is 2.33 bits per heavy atom. The highest BCUT2D eigenvalue weighted by Crippen LogP contribution is 2.17. The van der Waals surface area contributed by atoms with E-state index in [1.54, 1.807) is 24.3 Å². The van der Waals surface area contributed by atoms with Gasteiger partial charge in [0.2, 0.25) is 10.0 Å². The minimum Gasteiger partial charge on any atom is -0.378 e. The third kappa shape index (κ3) is 5.82. The molecule has 0 aliphatic heterocycles. The van der Waals surface area contributed by atoms with Gasteiger partial charge in [-0.2, -0.15) is 0 Å². The quantitative estimate of drug-likeness (QED) is 0.728. The van der Waals surface area contributed by atoms with E-state index in [1.165, 1.54) is 5.56 Å². The zero-order valence-electron chi connectivity index (χ0n) is 14.0. The Hall–Kier alpha value is -1.56. The van der Waals surface area contributed by atoms with Crippen molar-refractivity contribution in [2.75, 3.05) is 25.5 Å². The van der Waals surface area contributed by atoms with Crippen LogP contribution in [0.25, 0.3) is 0 Å². The van der Waals surface area contributed by atoms with Gasteiger partial charge in [0.1, 0.15) is 0 Å². The molecule has 0 radical (unpaired) electrons. The number of nitrogens with one attached hydrogen (secondary N) is 1. The van der Waals surface area contributed by atoms with Crippen molar-refractivity contribution in [2.24, 2.45) is 0 Å². The van der Waals surface area contributed by atoms with E-state index in [1.807, 2.05) is 19.0 Å². The van der Waals surface area contributed by atoms with Crippen LogP contribution in [0, 0.1) is 0 Å². The summed E-state index contributed by atoms with van der Waals surface area (Å²) in [6.07, 6.45) is 1.59. The summed E-state index contributed by atoms with van der Waals surface area (Å²) < 4.78 is 26.9. The summed E-state index contributed by atoms with van der Waals surface area (Å²) >= 11 is 6.01. The van der Waals surface area contributed by atoms with Crippen LogP contribution in [0.3, 0.4) is 0 Å². The van der Waals surface area contributed by atoms with Crippen molar-refractivity contribution in [3.05, 3.63) is 64.7 Å². The Morgan fingerprint density at radius 1 is 1.04 bits per heavy atom. The number of hydrogen-bond acceptors (Lipinski definition) is 3. The minimum atomic E-state index is -3.37. The van der Waals surface area contributed by atoms with Gasteiger partial charge in [-0.25, -0.2) is 13.1 Å². The molecule has 0 heterocycles. The molecule has 0 fully saturated rings. The van der Waals surface area contributed by atoms with Crippen molar-refractivity contribution >= 4 is 27.3 Å². The predicted octanol–water partition coefficient (Wildman–Crippen LogP) is 3.46. The lowest BCUT2D eigenvalue weighted by Crippen LogP contribution is -2.26. The van der Waals surface area contributed by atoms with Crippen LogP contribution in [0.15, 0.2) is 48.5 Å². The molecule has 1 N–H and O–H groups in total. The summed E-state index contributed by atoms with van der Waals surface area (Å²) in [6.45, 7) is 0.419. The van der Waals surface area contributed by atoms with E-state index >= 15 is 0 Å². The average Bonchev–Trinajstić information content (AvgIpc) is 2.54. The highest BCUT2D eigenvalue weighted by Gasteiger charge is 2.12. The van der Waals surface area contributed by atoms with E-state index in [-0.39, 0.29) is 5.75 Å². The summed E-state index contributed by atoms with van der Waals surface area (Å²) in [5.74, 6) is -0.0931. The Morgan fingerprint density at radius 2 is 1.71 bits per heavy atom. The molecule has 0 bridgehead atoms. The maximum Gasteiger partial charge on any atom is 0.215 e. The second-order valence-corrected chi connectivity index (χ2v) is 8.12. The van der Waals surface area contributed by atoms with Crippen LogP contribution in [0.2, 0.25) is 5.02 Å². The molecular formula is C18H23ClN2O2S. The number of anilines is 1. The predicted molar refractivity (Wildman–Crippen MR) is 101 cm³/mol. The first kappa shape index (κ1) is 18.8. The maximum absolute atomic E-state index is 12.1. The molecule has 0 saturated carbocycles. The molecule has 0 aromatic heterocycles. The molecule has 4 nitrogen and oxygen atoms in total. The van der Waals surface area contributed by atoms with Gasteiger partial charge >= 0.3 is 0 Å². The molecule has 0 spiro atoms. The number of rotatable bonds is 8. The topological polar surface area (TPSA) is 49.4 Å². The number of hydrogen-bond donors (Lipinski definition) is 1. The standard InChI is InChI=1S/C18H23ClN2O2S/c1-21(2)17-11-9-15(10-12-17)6-5-13-20-24(22,23)14-16-7-3-4-8-18(16)19/h3-4,7-12,20H,5-6,13-14H2,1-2H3. The second-order valence-electron chi connectivity index (χ2n) is 5.91. The molecule has 0 amide bonds. The van der Waals surface area contributed by atoms with Crippen molar-refractivity contribution in [1.82, 2.24) is 4.72 Å². The summed E-state index contributed by atoms with van der Waals surface area (Å²) in [5.41, 5.74) is 2.97. The fourth-order valence-electron chi connectivity index (χ4n) is 2.35. The van der Waals surface area contributed by atoms with Gasteiger partial charge in [0.05, 0.1) is 5.75 Å². The van der Waals surface area contributed by atoms with Gasteiger partial charge in [-0.3, -0.25) is 0 Å². The molecule has 2 aromatic carbocycles. The van der Waals surface area contributed by atoms with Gasteiger partial charge in [-0.05, 0) is 42.2 Å². The normalized spacial score (nSPS) is 11.5. The van der Waals surface area contributed by atoms with Crippen LogP contribution in [-0.4, -0.2) is 29.1 Å². The lowest BCUT2D eigenvalue weighted by atomic mass is 10.1. The number of nitrogens with zero attached hydrogens (tertiary/aromatic N) is 1. The van der Waals surface area contributed by atoms with Gasteiger partial charge < -0.3 is 4.90 Å². The molecule has 0 aliphatic rings. The molecule has 6 heteroatoms. The van der Waals surface area contributed by atoms with E-state index in [0.29, 0.717) is 17.1 Å². The largest absolute Gasteiger partial charge is 0.378 e. The van der Waals surface area contributed by atoms with Gasteiger partial charge in [0.25, 0.3) is 0 Å². The summed E-state index contributed by atoms with van der Waals surface area (Å²) in [4.78, 5) is 2.05. The minimum absolute atomic E-state index is 0.0931. The Bertz CT molecular complexity index is 759. The molecule has 0 atom stereocenters. The van der Waals surface area contributed by atoms with Crippen molar-refractivity contribution in [2.45, 2.75) is 18.6 Å². The summed E-state index contributed by atoms with van der Waals surface area (Å²) in [7, 11) is 0.635. The molecule has 0 saturated heterocycles. The lowest BCUT2D eigenvalue weighted by Gasteiger charge is -2.12. The second kappa shape index (κ2) is 8.51. The Kier molecular flexibility index (Phi) is 6.66. The van der Waals surface area contributed by atoms with Crippen LogP contribution in [0.1, 0.15) is 17.5 Å². The van der Waals surface area contributed by atoms with Gasteiger partial charge in [0, 0.05) is 31.4 Å². The fraction of sp³-hybridized carbons (Fsp3) is 0.333. The van der Waals surface area contributed by atoms with Crippen LogP contribution < -0.4 is 9.62 Å². The van der Waals surface area contributed by atoms with Gasteiger partial charge in [0.15, 0.2) is 0 Å². The molecule has 24 heavy (non-hydrogen) atoms. The molecule has 2 rings (SSSR count). The summed E-state index contributed by atoms with van der Waals surface area (Å²) in [6, 6.07) is 15.3. The SMILES string of the molecule is CN(C)c1ccc(CCCNS(=O)(=O)Cc2ccccc2Cl)cc1. The molecule has 130 valence electrons. The molecule has 0 unspecified atom stereocenters. The van der Waals surface area contributed by atoms with Crippen molar-refractivity contribution < 1.29 is 8.42 Å². The van der Waals surface area contributed by atoms with Crippen LogP contribution in [0.4, 0.5) is 5.69 Å². The van der Waals surface area contributed by atoms with E-state index in [2.05, 4.69) is 29.0 Å². The van der Waals surface area contributed by atoms with E-state index in [0.717, 1.165) is 18.5 Å². The highest BCUT2D eigenvalue weighted by molar-refractivity contribution is 7.88. The number of halogens is 1. The fourth-order valence-corrected chi connectivity index (χ4v) is 3.85. The van der Waals surface area contributed by atoms with Crippen LogP contribution >= 0.6 is 11.6 Å². The van der Waals surface area contributed by atoms with Crippen LogP contribution in [-0.2, 0) is 22.2 Å². The average molecular weight is 367 g/mol. The molecule has 0 aliphatic carbocycles. The zero-order chi connectivity index (χ0) is 17.6. The van der Waals surface area contributed by atoms with Gasteiger partial charge in [-0.15, -0.1) is 0 Å². The first-order chi connectivity index (χ1) is 11.4. The van der Waals surface area contributed by atoms with E-state index in [4.69, 9.17) is 11.6 Å². The van der Waals surface area contributed by atoms with E-state index in [9.17, 15) is 8.42 Å². The zero-order valence-corrected chi connectivity index (χ0v) is 15.6. The van der Waals surface area contributed by atoms with Gasteiger partial charge in [-0.1, -0.05) is 41.9 Å². The van der Waals surface area contributed by atoms with Crippen LogP contribution in [0.5, 0.6) is 0 Å². The Labute approximate surface area is 149 Å². The number of sulfonamides is 1. The number of aryl methyl sites for hydroxylation is 1. The highest BCUT2D eigenvalue weighted by atomic mass is 35.5. The molecular weight excluding hydrogens is 344 g/mol.